The van der Waals surface area contributed by atoms with Crippen molar-refractivity contribution >= 4 is 28.6 Å². The molecule has 1 atom stereocenters. The van der Waals surface area contributed by atoms with E-state index in [1.54, 1.807) is 24.1 Å². The van der Waals surface area contributed by atoms with Crippen LogP contribution in [0.1, 0.15) is 79.1 Å². The van der Waals surface area contributed by atoms with Gasteiger partial charge in [-0.3, -0.25) is 4.79 Å². The number of hydrogen-bond donors (Lipinski definition) is 1. The molecule has 1 saturated heterocycles. The highest BCUT2D eigenvalue weighted by Gasteiger charge is 2.48. The molecule has 0 spiro atoms. The Balaban J connectivity index is 2.46. The number of amides is 2. The number of nitrogens with two attached hydrogens (primary N) is 1. The van der Waals surface area contributed by atoms with Crippen molar-refractivity contribution in [3.05, 3.63) is 17.7 Å². The van der Waals surface area contributed by atoms with Gasteiger partial charge in [0.25, 0.3) is 14.2 Å². The van der Waals surface area contributed by atoms with Crippen LogP contribution in [0.2, 0.25) is 34.8 Å². The highest BCUT2D eigenvalue weighted by Crippen LogP contribution is 2.46. The summed E-state index contributed by atoms with van der Waals surface area (Å²) >= 11 is 0. The molecule has 1 aliphatic rings. The van der Waals surface area contributed by atoms with E-state index < -0.39 is 22.7 Å². The second kappa shape index (κ2) is 12.0. The van der Waals surface area contributed by atoms with Gasteiger partial charge in [0.05, 0.1) is 25.3 Å². The Hall–Kier alpha value is -2.05. The molecular weight excluding hydrogens is 516 g/mol. The lowest BCUT2D eigenvalue weighted by Gasteiger charge is -2.44. The molecule has 0 radical (unpaired) electrons. The van der Waals surface area contributed by atoms with Gasteiger partial charge in [-0.1, -0.05) is 62.3 Å². The van der Waals surface area contributed by atoms with E-state index in [1.807, 2.05) is 0 Å². The number of carbonyl (C=O) groups is 2. The van der Waals surface area contributed by atoms with Crippen LogP contribution < -0.4 is 19.6 Å². The lowest BCUT2D eigenvalue weighted by molar-refractivity contribution is 0.0311. The van der Waals surface area contributed by atoms with Gasteiger partial charge in [-0.25, -0.2) is 4.79 Å². The first kappa shape index (κ1) is 32.2. The minimum Gasteiger partial charge on any atom is -0.540 e. The molecule has 1 heterocycles. The lowest BCUT2D eigenvalue weighted by Crippen LogP contribution is -2.55. The molecular formula is C28H50N2O6Si2. The molecule has 0 aromatic heterocycles. The maximum atomic E-state index is 13.7. The molecule has 1 aromatic carbocycles. The van der Waals surface area contributed by atoms with E-state index in [4.69, 9.17) is 24.1 Å². The summed E-state index contributed by atoms with van der Waals surface area (Å²) in [4.78, 5) is 27.3. The van der Waals surface area contributed by atoms with Crippen LogP contribution in [0.5, 0.6) is 17.2 Å². The van der Waals surface area contributed by atoms with E-state index in [1.165, 1.54) is 0 Å². The third-order valence-corrected chi connectivity index (χ3v) is 19.0. The van der Waals surface area contributed by atoms with Gasteiger partial charge in [0.15, 0.2) is 14.1 Å². The summed E-state index contributed by atoms with van der Waals surface area (Å²) in [6.45, 7) is 25.2. The van der Waals surface area contributed by atoms with Crippen molar-refractivity contribution in [3.8, 4) is 17.2 Å². The first-order valence-electron chi connectivity index (χ1n) is 13.7. The number of nitrogens with zero attached hydrogens (tertiary/aromatic N) is 1. The van der Waals surface area contributed by atoms with Crippen molar-refractivity contribution < 1.29 is 27.9 Å². The minimum absolute atomic E-state index is 0.0390. The Morgan fingerprint density at radius 3 is 1.95 bits per heavy atom. The lowest BCUT2D eigenvalue weighted by atomic mass is 10.0. The van der Waals surface area contributed by atoms with Crippen molar-refractivity contribution in [2.75, 3.05) is 20.3 Å². The number of benzene rings is 1. The first-order valence-corrected chi connectivity index (χ1v) is 18.8. The molecule has 8 nitrogen and oxygen atoms in total. The predicted octanol–water partition coefficient (Wildman–Crippen LogP) is 6.94. The van der Waals surface area contributed by atoms with Crippen LogP contribution >= 0.6 is 0 Å². The number of rotatable bonds is 11. The molecule has 10 heteroatoms. The van der Waals surface area contributed by atoms with Crippen LogP contribution in [0, 0.1) is 0 Å². The molecule has 1 aromatic rings. The summed E-state index contributed by atoms with van der Waals surface area (Å²) in [6, 6.07) is 3.16. The number of primary amides is 1. The molecule has 38 heavy (non-hydrogen) atoms. The Labute approximate surface area is 231 Å². The third kappa shape index (κ3) is 6.56. The van der Waals surface area contributed by atoms with Crippen molar-refractivity contribution in [3.63, 3.8) is 0 Å². The van der Waals surface area contributed by atoms with Crippen molar-refractivity contribution in [1.82, 2.24) is 4.90 Å². The fourth-order valence-electron chi connectivity index (χ4n) is 5.24. The first-order chi connectivity index (χ1) is 17.4. The number of methoxy groups -OCH3 is 1. The molecule has 216 valence electrons. The second-order valence-electron chi connectivity index (χ2n) is 12.9. The zero-order valence-electron chi connectivity index (χ0n) is 25.6. The molecule has 2 amide bonds. The van der Waals surface area contributed by atoms with Crippen LogP contribution in [0.3, 0.4) is 0 Å². The summed E-state index contributed by atoms with van der Waals surface area (Å²) in [5.41, 5.74) is 6.58. The predicted molar refractivity (Wildman–Crippen MR) is 157 cm³/mol. The Bertz CT molecular complexity index is 982. The SMILES string of the molecule is COc1cc(C(=O)N2CC[C@H]2CO[Si](C)(C)C(C)(C)C)c(OC(N)=O)cc1O[Si](C(C)C)(C(C)C)C(C)C. The fraction of sp³-hybridized carbons (Fsp3) is 0.714. The summed E-state index contributed by atoms with van der Waals surface area (Å²) in [6.07, 6.45) is -0.132. The molecule has 1 aliphatic heterocycles. The minimum atomic E-state index is -2.36. The van der Waals surface area contributed by atoms with E-state index in [-0.39, 0.29) is 28.3 Å². The maximum Gasteiger partial charge on any atom is 0.409 e. The van der Waals surface area contributed by atoms with E-state index in [9.17, 15) is 9.59 Å². The highest BCUT2D eigenvalue weighted by molar-refractivity contribution is 6.78. The van der Waals surface area contributed by atoms with Gasteiger partial charge in [-0.2, -0.15) is 0 Å². The number of hydrogen-bond acceptors (Lipinski definition) is 6. The maximum absolute atomic E-state index is 13.7. The number of carbonyl (C=O) groups excluding carboxylic acids is 2. The number of ether oxygens (including phenoxy) is 2. The number of likely N-dealkylation sites (tertiary alicyclic amines) is 1. The molecule has 2 N–H and O–H groups in total. The second-order valence-corrected chi connectivity index (χ2v) is 23.0. The van der Waals surface area contributed by atoms with Gasteiger partial charge < -0.3 is 29.0 Å². The van der Waals surface area contributed by atoms with Crippen molar-refractivity contribution in [2.45, 2.75) is 110 Å². The summed E-state index contributed by atoms with van der Waals surface area (Å²) in [5.74, 6) is 0.720. The standard InChI is InChI=1S/C28H50N2O6Si2/c1-18(2)38(19(3)4,20(5)6)36-25-16-23(35-27(29)32)22(15-24(25)33-10)26(31)30-14-13-21(30)17-34-37(11,12)28(7,8)9/h15-16,18-21H,13-14,17H2,1-12H3,(H2,29,32)/t21-/m0/s1. The Kier molecular flexibility index (Phi) is 10.2. The Morgan fingerprint density at radius 1 is 1.00 bits per heavy atom. The van der Waals surface area contributed by atoms with Gasteiger partial charge in [-0.15, -0.1) is 0 Å². The topological polar surface area (TPSA) is 100 Å². The van der Waals surface area contributed by atoms with Gasteiger partial charge in [-0.05, 0) is 41.2 Å². The quantitative estimate of drug-likeness (QED) is 0.291. The fourth-order valence-corrected chi connectivity index (χ4v) is 11.5. The average molecular weight is 567 g/mol. The molecule has 0 bridgehead atoms. The van der Waals surface area contributed by atoms with Gasteiger partial charge in [0, 0.05) is 18.7 Å². The van der Waals surface area contributed by atoms with Crippen LogP contribution in [0.4, 0.5) is 4.79 Å². The van der Waals surface area contributed by atoms with Crippen LogP contribution in [-0.2, 0) is 4.43 Å². The van der Waals surface area contributed by atoms with Crippen molar-refractivity contribution in [1.29, 1.82) is 0 Å². The van der Waals surface area contributed by atoms with E-state index >= 15 is 0 Å². The summed E-state index contributed by atoms with van der Waals surface area (Å²) in [7, 11) is -2.76. The zero-order valence-corrected chi connectivity index (χ0v) is 27.6. The molecule has 1 fully saturated rings. The molecule has 0 aliphatic carbocycles. The van der Waals surface area contributed by atoms with Gasteiger partial charge in [0.1, 0.15) is 11.5 Å². The van der Waals surface area contributed by atoms with Crippen LogP contribution in [-0.4, -0.2) is 59.8 Å². The van der Waals surface area contributed by atoms with E-state index in [0.29, 0.717) is 41.3 Å². The third-order valence-electron chi connectivity index (χ3n) is 8.55. The smallest absolute Gasteiger partial charge is 0.409 e. The summed E-state index contributed by atoms with van der Waals surface area (Å²) < 4.78 is 24.3. The Morgan fingerprint density at radius 2 is 1.55 bits per heavy atom. The van der Waals surface area contributed by atoms with Crippen molar-refractivity contribution in [2.24, 2.45) is 5.73 Å². The highest BCUT2D eigenvalue weighted by atomic mass is 28.4. The van der Waals surface area contributed by atoms with Crippen LogP contribution in [0.15, 0.2) is 12.1 Å². The average Bonchev–Trinajstić information content (AvgIpc) is 2.74. The van der Waals surface area contributed by atoms with E-state index in [0.717, 1.165) is 6.42 Å². The van der Waals surface area contributed by atoms with Crippen LogP contribution in [0.25, 0.3) is 0 Å². The zero-order chi connectivity index (χ0) is 29.2. The molecule has 0 unspecified atom stereocenters. The monoisotopic (exact) mass is 566 g/mol. The molecule has 2 rings (SSSR count). The largest absolute Gasteiger partial charge is 0.540 e. The summed E-state index contributed by atoms with van der Waals surface area (Å²) in [5, 5.41) is 0.0811. The normalized spacial score (nSPS) is 16.6. The van der Waals surface area contributed by atoms with Gasteiger partial charge in [0.2, 0.25) is 0 Å². The molecule has 0 saturated carbocycles. The van der Waals surface area contributed by atoms with Gasteiger partial charge >= 0.3 is 6.09 Å². The van der Waals surface area contributed by atoms with E-state index in [2.05, 4.69) is 75.4 Å².